The largest absolute Gasteiger partial charge is 0.480 e. The molecule has 0 spiro atoms. The fourth-order valence-electron chi connectivity index (χ4n) is 1.75. The van der Waals surface area contributed by atoms with Crippen LogP contribution >= 0.6 is 15.9 Å². The number of carboxylic acids is 1. The minimum atomic E-state index is -1.04. The number of hydrogen-bond donors (Lipinski definition) is 3. The highest BCUT2D eigenvalue weighted by atomic mass is 79.9. The molecule has 0 aliphatic heterocycles. The normalized spacial score (nSPS) is 13.7. The summed E-state index contributed by atoms with van der Waals surface area (Å²) in [5.41, 5.74) is 0.936. The van der Waals surface area contributed by atoms with Crippen LogP contribution in [0.25, 0.3) is 0 Å². The van der Waals surface area contributed by atoms with Gasteiger partial charge in [0.25, 0.3) is 0 Å². The molecule has 3 N–H and O–H groups in total. The molecule has 0 heterocycles. The highest BCUT2D eigenvalue weighted by Crippen LogP contribution is 2.17. The summed E-state index contributed by atoms with van der Waals surface area (Å²) < 4.78 is 0.926. The van der Waals surface area contributed by atoms with Crippen LogP contribution in [0.5, 0.6) is 0 Å². The molecule has 5 nitrogen and oxygen atoms in total. The summed E-state index contributed by atoms with van der Waals surface area (Å²) in [5, 5.41) is 14.2. The molecule has 0 aliphatic rings. The van der Waals surface area contributed by atoms with E-state index in [1.807, 2.05) is 31.2 Å². The Labute approximate surface area is 126 Å². The highest BCUT2D eigenvalue weighted by molar-refractivity contribution is 9.10. The van der Waals surface area contributed by atoms with Crippen LogP contribution in [0.2, 0.25) is 0 Å². The predicted molar refractivity (Wildman–Crippen MR) is 80.5 cm³/mol. The van der Waals surface area contributed by atoms with Crippen molar-refractivity contribution in [3.8, 4) is 0 Å². The number of benzene rings is 1. The van der Waals surface area contributed by atoms with Crippen LogP contribution in [0.4, 0.5) is 4.79 Å². The Morgan fingerprint density at radius 1 is 1.20 bits per heavy atom. The Balaban J connectivity index is 2.64. The third-order valence-electron chi connectivity index (χ3n) is 2.92. The molecule has 20 heavy (non-hydrogen) atoms. The van der Waals surface area contributed by atoms with E-state index >= 15 is 0 Å². The van der Waals surface area contributed by atoms with Crippen LogP contribution in [0.1, 0.15) is 32.4 Å². The minimum absolute atomic E-state index is 0.181. The lowest BCUT2D eigenvalue weighted by Crippen LogP contribution is -2.49. The number of carbonyl (C=O) groups is 2. The van der Waals surface area contributed by atoms with Crippen LogP contribution in [0, 0.1) is 5.92 Å². The first-order valence-corrected chi connectivity index (χ1v) is 7.16. The van der Waals surface area contributed by atoms with Gasteiger partial charge in [-0.05, 0) is 30.5 Å². The van der Waals surface area contributed by atoms with Crippen molar-refractivity contribution in [3.05, 3.63) is 34.3 Å². The van der Waals surface area contributed by atoms with Gasteiger partial charge in [-0.25, -0.2) is 9.59 Å². The van der Waals surface area contributed by atoms with Crippen molar-refractivity contribution in [2.75, 3.05) is 0 Å². The summed E-state index contributed by atoms with van der Waals surface area (Å²) in [7, 11) is 0. The molecular formula is C14H19BrN2O3. The smallest absolute Gasteiger partial charge is 0.326 e. The fraction of sp³-hybridized carbons (Fsp3) is 0.429. The quantitative estimate of drug-likeness (QED) is 0.769. The fourth-order valence-corrected chi connectivity index (χ4v) is 2.17. The van der Waals surface area contributed by atoms with Crippen molar-refractivity contribution in [1.29, 1.82) is 0 Å². The Kier molecular flexibility index (Phi) is 6.01. The number of aliphatic carboxylic acids is 1. The Hall–Kier alpha value is -1.56. The lowest BCUT2D eigenvalue weighted by Gasteiger charge is -2.20. The van der Waals surface area contributed by atoms with Gasteiger partial charge in [-0.15, -0.1) is 0 Å². The van der Waals surface area contributed by atoms with Gasteiger partial charge < -0.3 is 15.7 Å². The van der Waals surface area contributed by atoms with Gasteiger partial charge in [-0.3, -0.25) is 0 Å². The minimum Gasteiger partial charge on any atom is -0.480 e. The van der Waals surface area contributed by atoms with Gasteiger partial charge in [-0.2, -0.15) is 0 Å². The number of urea groups is 1. The zero-order valence-electron chi connectivity index (χ0n) is 11.7. The zero-order chi connectivity index (χ0) is 15.3. The standard InChI is InChI=1S/C14H19BrN2O3/c1-8(2)12(13(18)19)17-14(20)16-9(3)10-5-4-6-11(15)7-10/h4-9,12H,1-3H3,(H,18,19)(H2,16,17,20). The van der Waals surface area contributed by atoms with Crippen molar-refractivity contribution in [3.63, 3.8) is 0 Å². The summed E-state index contributed by atoms with van der Waals surface area (Å²) in [6.45, 7) is 5.33. The van der Waals surface area contributed by atoms with Gasteiger partial charge in [0.05, 0.1) is 6.04 Å². The first-order valence-electron chi connectivity index (χ1n) is 6.36. The van der Waals surface area contributed by atoms with E-state index in [-0.39, 0.29) is 12.0 Å². The number of amides is 2. The van der Waals surface area contributed by atoms with Gasteiger partial charge in [0, 0.05) is 4.47 Å². The molecule has 0 saturated carbocycles. The molecule has 1 aromatic rings. The number of hydrogen-bond acceptors (Lipinski definition) is 2. The Morgan fingerprint density at radius 3 is 2.35 bits per heavy atom. The zero-order valence-corrected chi connectivity index (χ0v) is 13.3. The maximum atomic E-state index is 11.8. The molecule has 0 aliphatic carbocycles. The number of carbonyl (C=O) groups excluding carboxylic acids is 1. The molecule has 0 aromatic heterocycles. The van der Waals surface area contributed by atoms with Gasteiger partial charge in [-0.1, -0.05) is 41.9 Å². The highest BCUT2D eigenvalue weighted by Gasteiger charge is 2.23. The van der Waals surface area contributed by atoms with Crippen molar-refractivity contribution in [2.45, 2.75) is 32.9 Å². The van der Waals surface area contributed by atoms with Gasteiger partial charge in [0.1, 0.15) is 6.04 Å². The summed E-state index contributed by atoms with van der Waals surface area (Å²) in [6, 6.07) is 5.98. The van der Waals surface area contributed by atoms with Crippen LogP contribution < -0.4 is 10.6 Å². The molecule has 1 aromatic carbocycles. The van der Waals surface area contributed by atoms with E-state index in [0.29, 0.717) is 0 Å². The SMILES string of the molecule is CC(NC(=O)NC(C(=O)O)C(C)C)c1cccc(Br)c1. The monoisotopic (exact) mass is 342 g/mol. The molecule has 0 fully saturated rings. The third kappa shape index (κ3) is 4.85. The molecule has 0 bridgehead atoms. The first kappa shape index (κ1) is 16.5. The lowest BCUT2D eigenvalue weighted by atomic mass is 10.1. The van der Waals surface area contributed by atoms with E-state index < -0.39 is 18.0 Å². The van der Waals surface area contributed by atoms with Crippen molar-refractivity contribution < 1.29 is 14.7 Å². The molecule has 6 heteroatoms. The number of carboxylic acid groups (broad SMARTS) is 1. The first-order chi connectivity index (χ1) is 9.31. The second-order valence-corrected chi connectivity index (χ2v) is 5.87. The van der Waals surface area contributed by atoms with Gasteiger partial charge in [0.15, 0.2) is 0 Å². The number of nitrogens with one attached hydrogen (secondary N) is 2. The molecule has 2 amide bonds. The second-order valence-electron chi connectivity index (χ2n) is 4.95. The van der Waals surface area contributed by atoms with Crippen molar-refractivity contribution in [1.82, 2.24) is 10.6 Å². The number of rotatable bonds is 5. The van der Waals surface area contributed by atoms with Gasteiger partial charge >= 0.3 is 12.0 Å². The number of halogens is 1. The van der Waals surface area contributed by atoms with Crippen LogP contribution in [-0.4, -0.2) is 23.1 Å². The average molecular weight is 343 g/mol. The van der Waals surface area contributed by atoms with Crippen LogP contribution in [0.3, 0.4) is 0 Å². The summed E-state index contributed by atoms with van der Waals surface area (Å²) in [5.74, 6) is -1.22. The van der Waals surface area contributed by atoms with Crippen molar-refractivity contribution >= 4 is 27.9 Å². The van der Waals surface area contributed by atoms with Crippen LogP contribution in [-0.2, 0) is 4.79 Å². The molecule has 2 atom stereocenters. The molecule has 0 saturated heterocycles. The molecule has 0 radical (unpaired) electrons. The van der Waals surface area contributed by atoms with Crippen LogP contribution in [0.15, 0.2) is 28.7 Å². The predicted octanol–water partition coefficient (Wildman–Crippen LogP) is 2.92. The van der Waals surface area contributed by atoms with Gasteiger partial charge in [0.2, 0.25) is 0 Å². The van der Waals surface area contributed by atoms with E-state index in [0.717, 1.165) is 10.0 Å². The summed E-state index contributed by atoms with van der Waals surface area (Å²) >= 11 is 3.37. The van der Waals surface area contributed by atoms with E-state index in [1.54, 1.807) is 13.8 Å². The molecule has 2 unspecified atom stereocenters. The maximum absolute atomic E-state index is 11.8. The lowest BCUT2D eigenvalue weighted by molar-refractivity contribution is -0.140. The second kappa shape index (κ2) is 7.28. The van der Waals surface area contributed by atoms with E-state index in [9.17, 15) is 9.59 Å². The molecule has 110 valence electrons. The summed E-state index contributed by atoms with van der Waals surface area (Å²) in [6.07, 6.45) is 0. The molecule has 1 rings (SSSR count). The summed E-state index contributed by atoms with van der Waals surface area (Å²) in [4.78, 5) is 22.9. The van der Waals surface area contributed by atoms with E-state index in [1.165, 1.54) is 0 Å². The Bertz CT molecular complexity index is 491. The van der Waals surface area contributed by atoms with Crippen molar-refractivity contribution in [2.24, 2.45) is 5.92 Å². The van der Waals surface area contributed by atoms with E-state index in [4.69, 9.17) is 5.11 Å². The maximum Gasteiger partial charge on any atom is 0.326 e. The average Bonchev–Trinajstić information content (AvgIpc) is 2.35. The topological polar surface area (TPSA) is 78.4 Å². The van der Waals surface area contributed by atoms with E-state index in [2.05, 4.69) is 26.6 Å². The Morgan fingerprint density at radius 2 is 1.85 bits per heavy atom. The molecular weight excluding hydrogens is 324 g/mol. The third-order valence-corrected chi connectivity index (χ3v) is 3.41.